The number of carbonyl (C=O) groups excluding carboxylic acids is 1. The Morgan fingerprint density at radius 2 is 1.16 bits per heavy atom. The van der Waals surface area contributed by atoms with E-state index in [2.05, 4.69) is 117 Å². The summed E-state index contributed by atoms with van der Waals surface area (Å²) in [7, 11) is 0. The number of carbonyl (C=O) groups is 1. The molecule has 0 radical (unpaired) electrons. The summed E-state index contributed by atoms with van der Waals surface area (Å²) in [4.78, 5) is 13.8. The number of nitrogens with one attached hydrogen (secondary N) is 1. The molecule has 3 aromatic carbocycles. The van der Waals surface area contributed by atoms with Crippen LogP contribution in [0.3, 0.4) is 0 Å². The Morgan fingerprint density at radius 1 is 0.742 bits per heavy atom. The zero-order chi connectivity index (χ0) is 21.7. The summed E-state index contributed by atoms with van der Waals surface area (Å²) in [6.07, 6.45) is 2.10. The highest BCUT2D eigenvalue weighted by Gasteiger charge is 2.67. The van der Waals surface area contributed by atoms with Gasteiger partial charge in [-0.25, -0.2) is 0 Å². The van der Waals surface area contributed by atoms with Crippen LogP contribution in [0.2, 0.25) is 0 Å². The summed E-state index contributed by atoms with van der Waals surface area (Å²) in [6, 6.07) is 31.6. The van der Waals surface area contributed by atoms with Gasteiger partial charge in [0.15, 0.2) is 5.78 Å². The van der Waals surface area contributed by atoms with Crippen LogP contribution >= 0.6 is 0 Å². The van der Waals surface area contributed by atoms with Crippen LogP contribution in [0.25, 0.3) is 0 Å². The Morgan fingerprint density at radius 3 is 1.52 bits per heavy atom. The molecule has 2 fully saturated rings. The molecular weight excluding hydrogens is 378 g/mol. The minimum atomic E-state index is -0.596. The van der Waals surface area contributed by atoms with E-state index in [0.29, 0.717) is 11.7 Å². The van der Waals surface area contributed by atoms with Crippen LogP contribution in [0.4, 0.5) is 0 Å². The van der Waals surface area contributed by atoms with Crippen molar-refractivity contribution in [2.24, 2.45) is 16.7 Å². The zero-order valence-corrected chi connectivity index (χ0v) is 18.6. The van der Waals surface area contributed by atoms with Crippen molar-refractivity contribution in [1.82, 2.24) is 5.32 Å². The summed E-state index contributed by atoms with van der Waals surface area (Å²) in [5.41, 5.74) is 2.62. The highest BCUT2D eigenvalue weighted by molar-refractivity contribution is 5.94. The third-order valence-electron chi connectivity index (χ3n) is 8.53. The first-order valence-corrected chi connectivity index (χ1v) is 11.4. The van der Waals surface area contributed by atoms with Crippen molar-refractivity contribution >= 4 is 5.78 Å². The van der Waals surface area contributed by atoms with E-state index in [1.165, 1.54) is 0 Å². The van der Waals surface area contributed by atoms with E-state index in [0.717, 1.165) is 29.5 Å². The van der Waals surface area contributed by atoms with Gasteiger partial charge >= 0.3 is 0 Å². The van der Waals surface area contributed by atoms with Gasteiger partial charge in [0.25, 0.3) is 0 Å². The minimum absolute atomic E-state index is 0.00243. The molecule has 0 heterocycles. The van der Waals surface area contributed by atoms with Gasteiger partial charge in [-0.2, -0.15) is 0 Å². The normalized spacial score (nSPS) is 26.9. The molecule has 0 saturated heterocycles. The predicted molar refractivity (Wildman–Crippen MR) is 126 cm³/mol. The molecule has 5 rings (SSSR count). The largest absolute Gasteiger partial charge is 0.297 e. The third kappa shape index (κ3) is 2.78. The predicted octanol–water partition coefficient (Wildman–Crippen LogP) is 5.96. The summed E-state index contributed by atoms with van der Waals surface area (Å²) in [6.45, 7) is 6.77. The highest BCUT2D eigenvalue weighted by Crippen LogP contribution is 2.64. The smallest absolute Gasteiger partial charge is 0.156 e. The molecule has 3 atom stereocenters. The van der Waals surface area contributed by atoms with Crippen LogP contribution in [-0.2, 0) is 10.3 Å². The molecule has 2 saturated carbocycles. The second kappa shape index (κ2) is 7.17. The summed E-state index contributed by atoms with van der Waals surface area (Å²) in [5, 5.41) is 3.99. The van der Waals surface area contributed by atoms with Crippen molar-refractivity contribution in [2.45, 2.75) is 45.2 Å². The van der Waals surface area contributed by atoms with E-state index >= 15 is 0 Å². The molecule has 2 nitrogen and oxygen atoms in total. The average molecular weight is 410 g/mol. The van der Waals surface area contributed by atoms with Crippen LogP contribution in [-0.4, -0.2) is 11.8 Å². The highest BCUT2D eigenvalue weighted by atomic mass is 16.1. The van der Waals surface area contributed by atoms with E-state index in [1.807, 2.05) is 0 Å². The fourth-order valence-electron chi connectivity index (χ4n) is 6.30. The first-order valence-electron chi connectivity index (χ1n) is 11.4. The molecule has 2 aliphatic rings. The lowest BCUT2D eigenvalue weighted by Crippen LogP contribution is -2.55. The van der Waals surface area contributed by atoms with Gasteiger partial charge in [0, 0.05) is 5.41 Å². The van der Waals surface area contributed by atoms with Gasteiger partial charge in [0.05, 0.1) is 11.6 Å². The van der Waals surface area contributed by atoms with Crippen LogP contribution in [0, 0.1) is 16.7 Å². The second-order valence-corrected chi connectivity index (χ2v) is 10.0. The summed E-state index contributed by atoms with van der Waals surface area (Å²) >= 11 is 0. The van der Waals surface area contributed by atoms with Gasteiger partial charge in [-0.05, 0) is 40.9 Å². The maximum Gasteiger partial charge on any atom is 0.156 e. The molecule has 158 valence electrons. The Labute approximate surface area is 185 Å². The quantitative estimate of drug-likeness (QED) is 0.527. The maximum absolute atomic E-state index is 13.8. The van der Waals surface area contributed by atoms with E-state index < -0.39 is 5.54 Å². The van der Waals surface area contributed by atoms with Crippen LogP contribution < -0.4 is 5.32 Å². The number of rotatable bonds is 5. The lowest BCUT2D eigenvalue weighted by molar-refractivity contribution is -0.130. The number of Topliss-reactive ketones (excluding diaryl/α,β-unsaturated/α-hetero) is 1. The number of ketones is 1. The monoisotopic (exact) mass is 409 g/mol. The topological polar surface area (TPSA) is 29.1 Å². The molecule has 2 aliphatic carbocycles. The summed E-state index contributed by atoms with van der Waals surface area (Å²) in [5.74, 6) is 0.710. The molecule has 3 aromatic rings. The Kier molecular flexibility index (Phi) is 4.67. The van der Waals surface area contributed by atoms with Gasteiger partial charge < -0.3 is 0 Å². The number of fused-ring (bicyclic) bond motifs is 2. The van der Waals surface area contributed by atoms with Gasteiger partial charge in [0.1, 0.15) is 0 Å². The summed E-state index contributed by atoms with van der Waals surface area (Å²) < 4.78 is 0. The molecule has 0 aromatic heterocycles. The minimum Gasteiger partial charge on any atom is -0.297 e. The molecule has 0 amide bonds. The number of hydrogen-bond donors (Lipinski definition) is 1. The van der Waals surface area contributed by atoms with Crippen LogP contribution in [0.5, 0.6) is 0 Å². The van der Waals surface area contributed by atoms with Crippen LogP contribution in [0.1, 0.15) is 50.3 Å². The van der Waals surface area contributed by atoms with Gasteiger partial charge in [-0.3, -0.25) is 10.1 Å². The van der Waals surface area contributed by atoms with Crippen molar-refractivity contribution < 1.29 is 4.79 Å². The second-order valence-electron chi connectivity index (χ2n) is 10.0. The maximum atomic E-state index is 13.8. The lowest BCUT2D eigenvalue weighted by atomic mass is 9.70. The van der Waals surface area contributed by atoms with Gasteiger partial charge in [-0.15, -0.1) is 0 Å². The standard InChI is InChI=1S/C29H31NO/c1-27(2)24-19-20-28(27,3)26(31)25(24)30-29(21-13-7-4-8-14-21,22-15-9-5-10-16-22)23-17-11-6-12-18-23/h4-18,24-25,30H,19-20H2,1-3H3. The SMILES string of the molecule is CC12CCC(C(NC(c3ccccc3)(c3ccccc3)c3ccccc3)C1=O)C2(C)C. The Bertz CT molecular complexity index is 977. The fourth-order valence-corrected chi connectivity index (χ4v) is 6.30. The van der Waals surface area contributed by atoms with Gasteiger partial charge in [-0.1, -0.05) is 112 Å². The van der Waals surface area contributed by atoms with Crippen molar-refractivity contribution in [2.75, 3.05) is 0 Å². The molecule has 31 heavy (non-hydrogen) atoms. The molecule has 0 aliphatic heterocycles. The van der Waals surface area contributed by atoms with E-state index in [-0.39, 0.29) is 16.9 Å². The molecular formula is C29H31NO. The molecule has 2 heteroatoms. The molecule has 1 N–H and O–H groups in total. The average Bonchev–Trinajstić information content (AvgIpc) is 3.12. The van der Waals surface area contributed by atoms with Crippen molar-refractivity contribution in [3.05, 3.63) is 108 Å². The van der Waals surface area contributed by atoms with E-state index in [4.69, 9.17) is 0 Å². The first kappa shape index (κ1) is 20.2. The van der Waals surface area contributed by atoms with Crippen molar-refractivity contribution in [3.8, 4) is 0 Å². The Balaban J connectivity index is 1.73. The number of hydrogen-bond acceptors (Lipinski definition) is 2. The van der Waals surface area contributed by atoms with Crippen molar-refractivity contribution in [1.29, 1.82) is 0 Å². The third-order valence-corrected chi connectivity index (χ3v) is 8.53. The Hall–Kier alpha value is -2.71. The van der Waals surface area contributed by atoms with Gasteiger partial charge in [0.2, 0.25) is 0 Å². The molecule has 0 spiro atoms. The first-order chi connectivity index (χ1) is 14.9. The molecule has 2 bridgehead atoms. The molecule has 3 unspecified atom stereocenters. The van der Waals surface area contributed by atoms with Crippen molar-refractivity contribution in [3.63, 3.8) is 0 Å². The van der Waals surface area contributed by atoms with E-state index in [9.17, 15) is 4.79 Å². The number of benzene rings is 3. The van der Waals surface area contributed by atoms with E-state index in [1.54, 1.807) is 0 Å². The lowest BCUT2D eigenvalue weighted by Gasteiger charge is -2.41. The fraction of sp³-hybridized carbons (Fsp3) is 0.345. The zero-order valence-electron chi connectivity index (χ0n) is 18.6. The van der Waals surface area contributed by atoms with Crippen LogP contribution in [0.15, 0.2) is 91.0 Å².